The fourth-order valence-electron chi connectivity index (χ4n) is 3.60. The molecule has 1 N–H and O–H groups in total. The molecule has 1 aromatic rings. The van der Waals surface area contributed by atoms with Crippen LogP contribution in [0.1, 0.15) is 28.4 Å². The number of nitrogens with one attached hydrogen (secondary N) is 1. The Kier molecular flexibility index (Phi) is 11.8. The van der Waals surface area contributed by atoms with Crippen LogP contribution < -0.4 is 5.32 Å². The van der Waals surface area contributed by atoms with Crippen LogP contribution in [0.5, 0.6) is 0 Å². The van der Waals surface area contributed by atoms with Gasteiger partial charge in [0.05, 0.1) is 16.9 Å². The molecule has 1 rings (SSSR count). The monoisotopic (exact) mass is 807 g/mol. The lowest BCUT2D eigenvalue weighted by molar-refractivity contribution is -0.474. The Morgan fingerprint density at radius 3 is 1.35 bits per heavy atom. The number of rotatable bonds is 14. The number of ether oxygens (including phenoxy) is 1. The Bertz CT molecular complexity index is 1680. The third kappa shape index (κ3) is 6.40. The Balaban J connectivity index is 4.26. The Labute approximate surface area is 270 Å². The summed E-state index contributed by atoms with van der Waals surface area (Å²) >= 11 is 0. The highest BCUT2D eigenvalue weighted by Gasteiger charge is 2.98. The van der Waals surface area contributed by atoms with E-state index in [1.54, 1.807) is 0 Å². The first-order valence-corrected chi connectivity index (χ1v) is 12.1. The van der Waals surface area contributed by atoms with E-state index in [-0.39, 0.29) is 0 Å². The van der Waals surface area contributed by atoms with Crippen molar-refractivity contribution in [1.82, 2.24) is 5.32 Å². The number of benzene rings is 1. The zero-order valence-electron chi connectivity index (χ0n) is 24.2. The van der Waals surface area contributed by atoms with E-state index < -0.39 is 112 Å². The summed E-state index contributed by atoms with van der Waals surface area (Å²) in [5.74, 6) is -84.1. The molecule has 0 aliphatic carbocycles. The third-order valence-electron chi connectivity index (χ3n) is 6.43. The molecule has 0 fully saturated rings. The van der Waals surface area contributed by atoms with E-state index in [0.29, 0.717) is 26.0 Å². The first kappa shape index (κ1) is 45.5. The van der Waals surface area contributed by atoms with Crippen LogP contribution in [0.2, 0.25) is 0 Å². The van der Waals surface area contributed by atoms with Crippen LogP contribution in [-0.4, -0.2) is 84.3 Å². The molecule has 0 aromatic heterocycles. The molecule has 1 aromatic carbocycles. The van der Waals surface area contributed by atoms with Crippen molar-refractivity contribution < 1.29 is 116 Å². The molecule has 0 saturated heterocycles. The number of alkyl halides is 21. The summed E-state index contributed by atoms with van der Waals surface area (Å²) in [5.41, 5.74) is -10.2. The predicted octanol–water partition coefficient (Wildman–Crippen LogP) is 7.92. The second-order valence-corrected chi connectivity index (χ2v) is 9.65. The second-order valence-electron chi connectivity index (χ2n) is 9.65. The van der Waals surface area contributed by atoms with Gasteiger partial charge in [-0.05, 0) is 13.0 Å². The molecule has 8 nitrogen and oxygen atoms in total. The van der Waals surface area contributed by atoms with Crippen LogP contribution in [-0.2, 0) is 25.0 Å². The first-order valence-electron chi connectivity index (χ1n) is 12.1. The second kappa shape index (κ2) is 13.5. The molecule has 0 heterocycles. The third-order valence-corrected chi connectivity index (χ3v) is 6.43. The van der Waals surface area contributed by atoms with Gasteiger partial charge in [-0.1, -0.05) is 0 Å². The molecule has 0 spiro atoms. The molecule has 0 aliphatic rings. The minimum absolute atomic E-state index is 0.449. The molecule has 0 bridgehead atoms. The number of aliphatic imine (C=N–C) groups is 2. The molecule has 0 aliphatic heterocycles. The highest BCUT2D eigenvalue weighted by Crippen LogP contribution is 2.67. The normalized spacial score (nSPS) is 14.3. The minimum atomic E-state index is -9.44. The fraction of sp³-hybridized carbons (Fsp3) is 0.565. The topological polar surface area (TPSA) is 114 Å². The number of amides is 1. The van der Waals surface area contributed by atoms with E-state index in [4.69, 9.17) is 0 Å². The van der Waals surface area contributed by atoms with Crippen molar-refractivity contribution in [1.29, 1.82) is 0 Å². The van der Waals surface area contributed by atoms with Crippen LogP contribution in [0.3, 0.4) is 0 Å². The lowest BCUT2D eigenvalue weighted by Crippen LogP contribution is -2.76. The maximum atomic E-state index is 15.4. The van der Waals surface area contributed by atoms with Gasteiger partial charge in [0.25, 0.3) is 5.91 Å². The van der Waals surface area contributed by atoms with Crippen molar-refractivity contribution in [3.63, 3.8) is 0 Å². The summed E-state index contributed by atoms with van der Waals surface area (Å²) in [5, 5.41) is 1.23. The standard InChI is InChI=1S/C23H10F21N3O5/c1-7-10(45-4-48)3-9(11(12(7)46-5-49)13(51)47-6-52-8(2)50)14(24,25)15(26,27)16(28,29)17(30,31)18(32,33)19(34,35)20(36,37)21(38,39)22(40,41)23(42,43)44/h3H,6H2,1-2H3,(H,47,51). The molecule has 0 saturated carbocycles. The molecule has 0 unspecified atom stereocenters. The maximum Gasteiger partial charge on any atom is 0.460 e. The van der Waals surface area contributed by atoms with Gasteiger partial charge in [-0.2, -0.15) is 102 Å². The van der Waals surface area contributed by atoms with Crippen molar-refractivity contribution >= 4 is 35.4 Å². The largest absolute Gasteiger partial charge is 0.460 e. The Morgan fingerprint density at radius 2 is 1.00 bits per heavy atom. The number of carbonyl (C=O) groups is 2. The zero-order valence-corrected chi connectivity index (χ0v) is 24.2. The van der Waals surface area contributed by atoms with Crippen molar-refractivity contribution in [2.75, 3.05) is 6.73 Å². The van der Waals surface area contributed by atoms with Crippen LogP contribution in [0.15, 0.2) is 16.1 Å². The number of esters is 1. The summed E-state index contributed by atoms with van der Waals surface area (Å²) in [4.78, 5) is 50.1. The number of nitrogens with zero attached hydrogens (tertiary/aromatic N) is 2. The van der Waals surface area contributed by atoms with E-state index in [2.05, 4.69) is 14.7 Å². The van der Waals surface area contributed by atoms with Crippen LogP contribution in [0.4, 0.5) is 104 Å². The van der Waals surface area contributed by atoms with Gasteiger partial charge in [-0.25, -0.2) is 9.59 Å². The van der Waals surface area contributed by atoms with E-state index in [0.717, 1.165) is 0 Å². The predicted molar refractivity (Wildman–Crippen MR) is 120 cm³/mol. The average Bonchev–Trinajstić information content (AvgIpc) is 2.97. The van der Waals surface area contributed by atoms with Gasteiger partial charge in [0.2, 0.25) is 12.2 Å². The van der Waals surface area contributed by atoms with E-state index in [1.807, 2.05) is 0 Å². The molecule has 0 atom stereocenters. The van der Waals surface area contributed by atoms with Gasteiger partial charge in [0, 0.05) is 18.1 Å². The van der Waals surface area contributed by atoms with Gasteiger partial charge in [-0.15, -0.1) is 0 Å². The first-order chi connectivity index (χ1) is 22.9. The highest BCUT2D eigenvalue weighted by molar-refractivity contribution is 6.02. The minimum Gasteiger partial charge on any atom is -0.445 e. The molecule has 52 heavy (non-hydrogen) atoms. The van der Waals surface area contributed by atoms with Crippen molar-refractivity contribution in [3.8, 4) is 0 Å². The smallest absolute Gasteiger partial charge is 0.445 e. The van der Waals surface area contributed by atoms with Crippen LogP contribution in [0, 0.1) is 6.92 Å². The van der Waals surface area contributed by atoms with E-state index in [1.165, 1.54) is 5.32 Å². The van der Waals surface area contributed by atoms with Crippen LogP contribution in [0.25, 0.3) is 0 Å². The number of isocyanates is 2. The van der Waals surface area contributed by atoms with Crippen LogP contribution >= 0.6 is 0 Å². The summed E-state index contributed by atoms with van der Waals surface area (Å²) in [7, 11) is 0. The summed E-state index contributed by atoms with van der Waals surface area (Å²) in [6, 6.07) is -0.826. The molecular formula is C23H10F21N3O5. The van der Waals surface area contributed by atoms with Gasteiger partial charge >= 0.3 is 65.4 Å². The SMILES string of the molecule is CC(=O)OCNC(=O)c1c(C(F)(F)C(F)(F)C(F)(F)C(F)(F)C(F)(F)C(F)(F)C(F)(F)C(F)(F)C(F)(F)C(F)(F)F)cc(N=C=O)c(C)c1N=C=O. The van der Waals surface area contributed by atoms with Gasteiger partial charge in [-0.3, -0.25) is 9.59 Å². The quantitative estimate of drug-likeness (QED) is 0.0675. The Morgan fingerprint density at radius 1 is 0.635 bits per heavy atom. The fourth-order valence-corrected chi connectivity index (χ4v) is 3.60. The van der Waals surface area contributed by atoms with Crippen molar-refractivity contribution in [3.05, 3.63) is 22.8 Å². The number of carbonyl (C=O) groups excluding carboxylic acids is 4. The maximum absolute atomic E-state index is 15.4. The van der Waals surface area contributed by atoms with E-state index in [9.17, 15) is 103 Å². The molecular weight excluding hydrogens is 797 g/mol. The number of hydrogen-bond acceptors (Lipinski definition) is 7. The highest BCUT2D eigenvalue weighted by atomic mass is 19.4. The average molecular weight is 807 g/mol. The van der Waals surface area contributed by atoms with Gasteiger partial charge in [0.1, 0.15) is 0 Å². The van der Waals surface area contributed by atoms with Gasteiger partial charge in [0.15, 0.2) is 6.73 Å². The zero-order chi connectivity index (χ0) is 41.7. The number of halogens is 21. The van der Waals surface area contributed by atoms with Gasteiger partial charge < -0.3 is 10.1 Å². The lowest BCUT2D eigenvalue weighted by Gasteiger charge is -2.44. The van der Waals surface area contributed by atoms with E-state index >= 15 is 8.78 Å². The molecule has 294 valence electrons. The molecule has 29 heteroatoms. The molecule has 0 radical (unpaired) electrons. The number of hydrogen-bond donors (Lipinski definition) is 1. The summed E-state index contributed by atoms with van der Waals surface area (Å²) < 4.78 is 296. The lowest BCUT2D eigenvalue weighted by atomic mass is 9.83. The molecule has 1 amide bonds. The van der Waals surface area contributed by atoms with Crippen molar-refractivity contribution in [2.45, 2.75) is 73.3 Å². The summed E-state index contributed by atoms with van der Waals surface area (Å²) in [6.07, 6.45) is -7.21. The van der Waals surface area contributed by atoms with Crippen molar-refractivity contribution in [2.24, 2.45) is 9.98 Å². The summed E-state index contributed by atoms with van der Waals surface area (Å²) in [6.45, 7) is -0.418. The Hall–Kier alpha value is -4.55.